The summed E-state index contributed by atoms with van der Waals surface area (Å²) in [5, 5.41) is 2.59. The van der Waals surface area contributed by atoms with Gasteiger partial charge in [0.1, 0.15) is 34.3 Å². The van der Waals surface area contributed by atoms with E-state index in [2.05, 4.69) is 25.3 Å². The molecule has 4 aromatic rings. The Labute approximate surface area is 220 Å². The predicted octanol–water partition coefficient (Wildman–Crippen LogP) is 3.39. The zero-order chi connectivity index (χ0) is 29.2. The molecule has 1 aliphatic rings. The van der Waals surface area contributed by atoms with Crippen LogP contribution in [-0.4, -0.2) is 48.2 Å². The summed E-state index contributed by atoms with van der Waals surface area (Å²) in [6.07, 6.45) is -5.95. The van der Waals surface area contributed by atoms with E-state index in [9.17, 15) is 35.9 Å². The molecule has 0 radical (unpaired) electrons. The molecule has 5 N–H and O–H groups in total. The lowest BCUT2D eigenvalue weighted by molar-refractivity contribution is -0.284. The van der Waals surface area contributed by atoms with Crippen LogP contribution in [0.25, 0.3) is 17.2 Å². The molecule has 1 aliphatic heterocycles. The average molecular weight is 564 g/mol. The summed E-state index contributed by atoms with van der Waals surface area (Å²) in [5.41, 5.74) is 9.75. The first-order valence-corrected chi connectivity index (χ1v) is 11.5. The number of nitrogen functional groups attached to an aromatic ring is 1. The van der Waals surface area contributed by atoms with Crippen molar-refractivity contribution in [3.05, 3.63) is 65.0 Å². The largest absolute Gasteiger partial charge is 0.453 e. The highest BCUT2D eigenvalue weighted by Gasteiger charge is 2.56. The molecule has 0 saturated carbocycles. The van der Waals surface area contributed by atoms with Gasteiger partial charge in [0, 0.05) is 18.8 Å². The quantitative estimate of drug-likeness (QED) is 0.303. The Morgan fingerprint density at radius 2 is 1.73 bits per heavy atom. The number of anilines is 2. The number of aryl methyl sites for hydroxylation is 1. The lowest BCUT2D eigenvalue weighted by Crippen LogP contribution is -2.36. The molecule has 208 valence electrons. The zero-order valence-electron chi connectivity index (χ0n) is 20.4. The lowest BCUT2D eigenvalue weighted by Gasteiger charge is -2.23. The van der Waals surface area contributed by atoms with Gasteiger partial charge in [0.25, 0.3) is 5.91 Å². The van der Waals surface area contributed by atoms with Gasteiger partial charge in [-0.3, -0.25) is 9.59 Å². The normalized spacial score (nSPS) is 17.2. The Balaban J connectivity index is 1.62. The van der Waals surface area contributed by atoms with E-state index in [0.29, 0.717) is 5.56 Å². The number of benzene rings is 1. The number of rotatable bonds is 6. The van der Waals surface area contributed by atoms with Gasteiger partial charge in [-0.1, -0.05) is 12.1 Å². The van der Waals surface area contributed by atoms with E-state index in [1.165, 1.54) is 30.5 Å². The van der Waals surface area contributed by atoms with Crippen LogP contribution in [0.2, 0.25) is 0 Å². The SMILES string of the molecule is CC1(c2ccc(F)cc2)C(=O)Nc2nc(-c3cn4cc(C(N)=O)nc4c(CCC(F)(F)C(F)(F)F)n3)nc(N)c21. The summed E-state index contributed by atoms with van der Waals surface area (Å²) in [6.45, 7) is 1.54. The fraction of sp³-hybridized carbons (Fsp3) is 0.250. The Morgan fingerprint density at radius 1 is 1.05 bits per heavy atom. The summed E-state index contributed by atoms with van der Waals surface area (Å²) in [5.74, 6) is -7.43. The molecule has 0 spiro atoms. The fourth-order valence-corrected chi connectivity index (χ4v) is 4.45. The topological polar surface area (TPSA) is 154 Å². The molecular formula is C24H18F6N8O2. The van der Waals surface area contributed by atoms with Crippen molar-refractivity contribution in [2.75, 3.05) is 11.1 Å². The molecule has 4 heterocycles. The summed E-state index contributed by atoms with van der Waals surface area (Å²) in [7, 11) is 0. The van der Waals surface area contributed by atoms with Gasteiger partial charge in [-0.2, -0.15) is 22.0 Å². The van der Waals surface area contributed by atoms with E-state index >= 15 is 0 Å². The summed E-state index contributed by atoms with van der Waals surface area (Å²) in [6, 6.07) is 5.16. The molecule has 3 aromatic heterocycles. The average Bonchev–Trinajstić information content (AvgIpc) is 3.42. The number of imidazole rings is 1. The predicted molar refractivity (Wildman–Crippen MR) is 128 cm³/mol. The summed E-state index contributed by atoms with van der Waals surface area (Å²) >= 11 is 0. The molecule has 1 atom stereocenters. The highest BCUT2D eigenvalue weighted by atomic mass is 19.4. The van der Waals surface area contributed by atoms with Crippen molar-refractivity contribution >= 4 is 29.1 Å². The van der Waals surface area contributed by atoms with Crippen LogP contribution in [0.1, 0.15) is 40.7 Å². The summed E-state index contributed by atoms with van der Waals surface area (Å²) in [4.78, 5) is 41.2. The number of fused-ring (bicyclic) bond motifs is 2. The van der Waals surface area contributed by atoms with Gasteiger partial charge in [-0.05, 0) is 31.0 Å². The number of nitrogens with one attached hydrogen (secondary N) is 1. The first kappa shape index (κ1) is 26.8. The third-order valence-corrected chi connectivity index (χ3v) is 6.62. The van der Waals surface area contributed by atoms with Crippen LogP contribution in [0.15, 0.2) is 36.7 Å². The van der Waals surface area contributed by atoms with Crippen molar-refractivity contribution in [3.63, 3.8) is 0 Å². The Morgan fingerprint density at radius 3 is 2.35 bits per heavy atom. The van der Waals surface area contributed by atoms with E-state index in [0.717, 1.165) is 10.6 Å². The van der Waals surface area contributed by atoms with Gasteiger partial charge in [-0.25, -0.2) is 24.3 Å². The Kier molecular flexibility index (Phi) is 5.96. The Hall–Kier alpha value is -4.76. The Bertz CT molecular complexity index is 1690. The van der Waals surface area contributed by atoms with Crippen molar-refractivity contribution < 1.29 is 35.9 Å². The number of aromatic nitrogens is 5. The van der Waals surface area contributed by atoms with E-state index in [1.54, 1.807) is 6.92 Å². The van der Waals surface area contributed by atoms with Crippen LogP contribution < -0.4 is 16.8 Å². The first-order valence-electron chi connectivity index (χ1n) is 11.5. The van der Waals surface area contributed by atoms with Gasteiger partial charge in [0.2, 0.25) is 5.91 Å². The van der Waals surface area contributed by atoms with E-state index < -0.39 is 48.0 Å². The van der Waals surface area contributed by atoms with Crippen LogP contribution in [-0.2, 0) is 16.6 Å². The molecule has 0 bridgehead atoms. The smallest absolute Gasteiger partial charge is 0.383 e. The number of nitrogens with zero attached hydrogens (tertiary/aromatic N) is 5. The number of carbonyl (C=O) groups excluding carboxylic acids is 2. The highest BCUT2D eigenvalue weighted by Crippen LogP contribution is 2.45. The molecule has 0 aliphatic carbocycles. The van der Waals surface area contributed by atoms with E-state index in [-0.39, 0.29) is 45.8 Å². The number of nitrogens with two attached hydrogens (primary N) is 2. The third kappa shape index (κ3) is 4.24. The van der Waals surface area contributed by atoms with Crippen molar-refractivity contribution in [1.82, 2.24) is 24.3 Å². The maximum Gasteiger partial charge on any atom is 0.453 e. The van der Waals surface area contributed by atoms with Crippen molar-refractivity contribution in [2.24, 2.45) is 5.73 Å². The number of amides is 2. The minimum atomic E-state index is -5.79. The standard InChI is InChI=1S/C24H18F6N8O2/c1-22(10-2-4-11(25)5-3-10)15-16(31)35-18(36-19(15)37-21(22)40)14-9-38-8-13(17(32)39)34-20(38)12(33-14)6-7-23(26,27)24(28,29)30/h2-5,8-9H,6-7H2,1H3,(H2,32,39)(H3,31,35,36,37,40). The first-order chi connectivity index (χ1) is 18.6. The third-order valence-electron chi connectivity index (χ3n) is 6.62. The number of alkyl halides is 5. The number of primary amides is 1. The molecule has 40 heavy (non-hydrogen) atoms. The molecule has 0 fully saturated rings. The second kappa shape index (κ2) is 8.89. The second-order valence-electron chi connectivity index (χ2n) is 9.24. The fourth-order valence-electron chi connectivity index (χ4n) is 4.45. The molecular weight excluding hydrogens is 546 g/mol. The van der Waals surface area contributed by atoms with Crippen LogP contribution in [0, 0.1) is 5.82 Å². The van der Waals surface area contributed by atoms with Gasteiger partial charge in [0.15, 0.2) is 11.5 Å². The van der Waals surface area contributed by atoms with Crippen molar-refractivity contribution in [3.8, 4) is 11.5 Å². The summed E-state index contributed by atoms with van der Waals surface area (Å²) < 4.78 is 80.4. The zero-order valence-corrected chi connectivity index (χ0v) is 20.4. The minimum absolute atomic E-state index is 0.00478. The van der Waals surface area contributed by atoms with Crippen LogP contribution in [0.5, 0.6) is 0 Å². The minimum Gasteiger partial charge on any atom is -0.383 e. The number of halogens is 6. The van der Waals surface area contributed by atoms with Gasteiger partial charge < -0.3 is 21.2 Å². The monoisotopic (exact) mass is 564 g/mol. The van der Waals surface area contributed by atoms with Crippen molar-refractivity contribution in [2.45, 2.75) is 37.3 Å². The molecule has 16 heteroatoms. The highest BCUT2D eigenvalue weighted by molar-refractivity contribution is 6.09. The maximum absolute atomic E-state index is 13.7. The maximum atomic E-state index is 13.7. The van der Waals surface area contributed by atoms with Gasteiger partial charge >= 0.3 is 12.1 Å². The van der Waals surface area contributed by atoms with Crippen LogP contribution in [0.3, 0.4) is 0 Å². The van der Waals surface area contributed by atoms with E-state index in [1.807, 2.05) is 0 Å². The molecule has 10 nitrogen and oxygen atoms in total. The van der Waals surface area contributed by atoms with Crippen LogP contribution in [0.4, 0.5) is 38.0 Å². The molecule has 2 amide bonds. The van der Waals surface area contributed by atoms with Crippen LogP contribution >= 0.6 is 0 Å². The van der Waals surface area contributed by atoms with Gasteiger partial charge in [0.05, 0.1) is 11.3 Å². The van der Waals surface area contributed by atoms with Gasteiger partial charge in [-0.15, -0.1) is 0 Å². The molecule has 0 saturated heterocycles. The number of hydrogen-bond donors (Lipinski definition) is 3. The molecule has 1 unspecified atom stereocenters. The number of hydrogen-bond acceptors (Lipinski definition) is 7. The number of carbonyl (C=O) groups is 2. The van der Waals surface area contributed by atoms with Crippen molar-refractivity contribution in [1.29, 1.82) is 0 Å². The van der Waals surface area contributed by atoms with E-state index in [4.69, 9.17) is 11.5 Å². The molecule has 5 rings (SSSR count). The second-order valence-corrected chi connectivity index (χ2v) is 9.24. The molecule has 1 aromatic carbocycles. The lowest BCUT2D eigenvalue weighted by atomic mass is 9.78.